The molecule has 0 aliphatic carbocycles. The molecule has 0 rings (SSSR count). The van der Waals surface area contributed by atoms with Crippen LogP contribution in [-0.2, 0) is 0 Å². The van der Waals surface area contributed by atoms with E-state index in [-0.39, 0.29) is 0 Å². The van der Waals surface area contributed by atoms with E-state index in [0.29, 0.717) is 0 Å². The van der Waals surface area contributed by atoms with Crippen molar-refractivity contribution in [1.29, 1.82) is 0 Å². The first-order valence-electron chi connectivity index (χ1n) is 4.30. The zero-order valence-electron chi connectivity index (χ0n) is 8.63. The molecule has 0 saturated carbocycles. The van der Waals surface area contributed by atoms with Gasteiger partial charge in [0.15, 0.2) is 5.03 Å². The SMILES string of the molecule is CCCNC(C)(C)NN(C)[N+](=O)[O-]. The molecule has 6 heteroatoms. The maximum atomic E-state index is 10.3. The summed E-state index contributed by atoms with van der Waals surface area (Å²) in [6.07, 6.45) is 0.993. The van der Waals surface area contributed by atoms with Crippen molar-refractivity contribution in [3.05, 3.63) is 10.1 Å². The Balaban J connectivity index is 3.93. The van der Waals surface area contributed by atoms with Crippen LogP contribution >= 0.6 is 0 Å². The summed E-state index contributed by atoms with van der Waals surface area (Å²) in [6, 6.07) is 0. The van der Waals surface area contributed by atoms with Crippen LogP contribution in [0.3, 0.4) is 0 Å². The Morgan fingerprint density at radius 3 is 2.46 bits per heavy atom. The molecule has 6 nitrogen and oxygen atoms in total. The molecule has 0 aromatic rings. The van der Waals surface area contributed by atoms with E-state index >= 15 is 0 Å². The highest BCUT2D eigenvalue weighted by Crippen LogP contribution is 1.97. The third kappa shape index (κ3) is 5.37. The minimum atomic E-state index is -0.505. The summed E-state index contributed by atoms with van der Waals surface area (Å²) >= 11 is 0. The third-order valence-electron chi connectivity index (χ3n) is 1.50. The normalized spacial score (nSPS) is 11.4. The molecule has 13 heavy (non-hydrogen) atoms. The summed E-state index contributed by atoms with van der Waals surface area (Å²) in [6.45, 7) is 6.57. The molecule has 2 N–H and O–H groups in total. The Morgan fingerprint density at radius 2 is 2.08 bits per heavy atom. The first kappa shape index (κ1) is 12.1. The highest BCUT2D eigenvalue weighted by Gasteiger charge is 2.21. The lowest BCUT2D eigenvalue weighted by Crippen LogP contribution is -2.59. The molecule has 0 atom stereocenters. The van der Waals surface area contributed by atoms with Crippen molar-refractivity contribution in [3.63, 3.8) is 0 Å². The molecule has 0 unspecified atom stereocenters. The summed E-state index contributed by atoms with van der Waals surface area (Å²) in [5.41, 5.74) is 2.25. The van der Waals surface area contributed by atoms with Gasteiger partial charge in [0.1, 0.15) is 0 Å². The van der Waals surface area contributed by atoms with Crippen molar-refractivity contribution in [1.82, 2.24) is 15.9 Å². The van der Waals surface area contributed by atoms with Crippen LogP contribution in [0, 0.1) is 10.1 Å². The van der Waals surface area contributed by atoms with E-state index in [0.717, 1.165) is 18.1 Å². The van der Waals surface area contributed by atoms with Crippen molar-refractivity contribution in [2.24, 2.45) is 0 Å². The van der Waals surface area contributed by atoms with E-state index < -0.39 is 10.7 Å². The summed E-state index contributed by atoms with van der Waals surface area (Å²) in [5.74, 6) is 0. The monoisotopic (exact) mass is 190 g/mol. The molecule has 0 radical (unpaired) electrons. The van der Waals surface area contributed by atoms with Crippen molar-refractivity contribution in [2.75, 3.05) is 13.6 Å². The van der Waals surface area contributed by atoms with E-state index in [4.69, 9.17) is 0 Å². The van der Waals surface area contributed by atoms with Crippen LogP contribution in [0.2, 0.25) is 0 Å². The van der Waals surface area contributed by atoms with E-state index in [2.05, 4.69) is 10.7 Å². The predicted molar refractivity (Wildman–Crippen MR) is 50.3 cm³/mol. The van der Waals surface area contributed by atoms with Crippen molar-refractivity contribution < 1.29 is 5.03 Å². The van der Waals surface area contributed by atoms with Gasteiger partial charge in [-0.1, -0.05) is 12.0 Å². The zero-order valence-corrected chi connectivity index (χ0v) is 8.63. The Kier molecular flexibility index (Phi) is 4.64. The minimum Gasteiger partial charge on any atom is -0.298 e. The fraction of sp³-hybridized carbons (Fsp3) is 1.00. The Morgan fingerprint density at radius 1 is 1.54 bits per heavy atom. The fourth-order valence-electron chi connectivity index (χ4n) is 0.922. The topological polar surface area (TPSA) is 70.4 Å². The molecular weight excluding hydrogens is 172 g/mol. The number of nitrogens with zero attached hydrogens (tertiary/aromatic N) is 2. The Bertz CT molecular complexity index is 172. The van der Waals surface area contributed by atoms with Crippen molar-refractivity contribution in [3.8, 4) is 0 Å². The van der Waals surface area contributed by atoms with Gasteiger partial charge in [-0.3, -0.25) is 5.32 Å². The van der Waals surface area contributed by atoms with E-state index in [9.17, 15) is 10.1 Å². The second-order valence-corrected chi connectivity index (χ2v) is 3.43. The van der Waals surface area contributed by atoms with Gasteiger partial charge in [-0.2, -0.15) is 5.43 Å². The first-order chi connectivity index (χ1) is 5.89. The van der Waals surface area contributed by atoms with Crippen LogP contribution in [0.25, 0.3) is 0 Å². The summed E-state index contributed by atoms with van der Waals surface area (Å²) < 4.78 is 0. The van der Waals surface area contributed by atoms with Crippen LogP contribution in [0.4, 0.5) is 0 Å². The number of hydrogen-bond acceptors (Lipinski definition) is 4. The maximum Gasteiger partial charge on any atom is 0.176 e. The molecular formula is C7H18N4O2. The highest BCUT2D eigenvalue weighted by molar-refractivity contribution is 4.70. The highest BCUT2D eigenvalue weighted by atomic mass is 16.7. The second kappa shape index (κ2) is 4.98. The molecule has 0 aromatic heterocycles. The molecule has 0 aliphatic heterocycles. The van der Waals surface area contributed by atoms with E-state index in [1.165, 1.54) is 7.05 Å². The van der Waals surface area contributed by atoms with Crippen LogP contribution in [-0.4, -0.2) is 29.4 Å². The number of rotatable bonds is 6. The molecule has 0 aromatic carbocycles. The summed E-state index contributed by atoms with van der Waals surface area (Å²) in [4.78, 5) is 10.3. The molecule has 78 valence electrons. The second-order valence-electron chi connectivity index (χ2n) is 3.43. The molecule has 0 spiro atoms. The number of hydrogen-bond donors (Lipinski definition) is 2. The molecule has 0 heterocycles. The number of hydrazine groups is 2. The molecule has 0 aliphatic rings. The standard InChI is InChI=1S/C7H18N4O2/c1-5-6-8-7(2,3)9-10(4)11(12)13/h8-9H,5-6H2,1-4H3. The Hall–Kier alpha value is -0.880. The lowest BCUT2D eigenvalue weighted by Gasteiger charge is -2.28. The van der Waals surface area contributed by atoms with E-state index in [1.807, 2.05) is 20.8 Å². The van der Waals surface area contributed by atoms with Crippen LogP contribution < -0.4 is 10.7 Å². The van der Waals surface area contributed by atoms with Gasteiger partial charge in [-0.05, 0) is 26.8 Å². The van der Waals surface area contributed by atoms with Gasteiger partial charge >= 0.3 is 0 Å². The van der Waals surface area contributed by atoms with Gasteiger partial charge in [0.2, 0.25) is 0 Å². The molecule has 0 bridgehead atoms. The Labute approximate surface area is 78.4 Å². The predicted octanol–water partition coefficient (Wildman–Crippen LogP) is 0.350. The fourth-order valence-corrected chi connectivity index (χ4v) is 0.922. The summed E-state index contributed by atoms with van der Waals surface area (Å²) in [5, 5.41) is 13.8. The third-order valence-corrected chi connectivity index (χ3v) is 1.50. The van der Waals surface area contributed by atoms with Gasteiger partial charge in [0.05, 0.1) is 12.7 Å². The summed E-state index contributed by atoms with van der Waals surface area (Å²) in [7, 11) is 1.37. The van der Waals surface area contributed by atoms with Gasteiger partial charge in [0, 0.05) is 0 Å². The number of nitro groups is 1. The van der Waals surface area contributed by atoms with Gasteiger partial charge < -0.3 is 0 Å². The van der Waals surface area contributed by atoms with Gasteiger partial charge in [-0.25, -0.2) is 10.1 Å². The van der Waals surface area contributed by atoms with Crippen LogP contribution in [0.5, 0.6) is 0 Å². The van der Waals surface area contributed by atoms with Crippen LogP contribution in [0.15, 0.2) is 0 Å². The number of nitrogens with one attached hydrogen (secondary N) is 2. The van der Waals surface area contributed by atoms with Crippen molar-refractivity contribution in [2.45, 2.75) is 32.9 Å². The maximum absolute atomic E-state index is 10.3. The zero-order chi connectivity index (χ0) is 10.5. The van der Waals surface area contributed by atoms with E-state index in [1.54, 1.807) is 0 Å². The lowest BCUT2D eigenvalue weighted by molar-refractivity contribution is -0.666. The molecule has 0 saturated heterocycles. The lowest BCUT2D eigenvalue weighted by atomic mass is 10.2. The van der Waals surface area contributed by atoms with Gasteiger partial charge in [0.25, 0.3) is 0 Å². The first-order valence-corrected chi connectivity index (χ1v) is 4.30. The van der Waals surface area contributed by atoms with Gasteiger partial charge in [-0.15, -0.1) is 0 Å². The quantitative estimate of drug-likeness (QED) is 0.359. The average Bonchev–Trinajstić information content (AvgIpc) is 2.00. The minimum absolute atomic E-state index is 0.460. The smallest absolute Gasteiger partial charge is 0.176 e. The largest absolute Gasteiger partial charge is 0.298 e. The van der Waals surface area contributed by atoms with Crippen LogP contribution in [0.1, 0.15) is 27.2 Å². The van der Waals surface area contributed by atoms with Crippen molar-refractivity contribution >= 4 is 0 Å². The molecule has 0 fully saturated rings. The molecule has 0 amide bonds. The average molecular weight is 190 g/mol.